The summed E-state index contributed by atoms with van der Waals surface area (Å²) < 4.78 is 0. The first-order chi connectivity index (χ1) is 16.4. The van der Waals surface area contributed by atoms with Crippen molar-refractivity contribution in [2.24, 2.45) is 0 Å². The van der Waals surface area contributed by atoms with E-state index in [1.54, 1.807) is 12.4 Å². The highest BCUT2D eigenvalue weighted by molar-refractivity contribution is 6.45. The van der Waals surface area contributed by atoms with E-state index in [0.717, 1.165) is 40.7 Å². The lowest BCUT2D eigenvalue weighted by Gasteiger charge is -2.25. The first kappa shape index (κ1) is 23.4. The third-order valence-corrected chi connectivity index (χ3v) is 6.58. The smallest absolute Gasteiger partial charge is 0.282 e. The Kier molecular flexibility index (Phi) is 6.92. The lowest BCUT2D eigenvalue weighted by atomic mass is 9.99. The predicted molar refractivity (Wildman–Crippen MR) is 136 cm³/mol. The van der Waals surface area contributed by atoms with Crippen LogP contribution in [0.2, 0.25) is 0 Å². The Bertz CT molecular complexity index is 1230. The minimum atomic E-state index is -0.269. The molecule has 0 N–H and O–H groups in total. The van der Waals surface area contributed by atoms with Gasteiger partial charge in [-0.1, -0.05) is 37.3 Å². The summed E-state index contributed by atoms with van der Waals surface area (Å²) in [6.45, 7) is 9.43. The number of nitrogens with zero attached hydrogens (tertiary/aromatic N) is 3. The van der Waals surface area contributed by atoms with E-state index in [1.807, 2.05) is 80.3 Å². The van der Waals surface area contributed by atoms with Gasteiger partial charge in [0.1, 0.15) is 5.70 Å². The average molecular weight is 454 g/mol. The van der Waals surface area contributed by atoms with E-state index in [-0.39, 0.29) is 11.8 Å². The molecule has 0 bridgehead atoms. The lowest BCUT2D eigenvalue weighted by Crippen LogP contribution is -2.36. The van der Waals surface area contributed by atoms with Crippen LogP contribution in [0.15, 0.2) is 72.7 Å². The number of rotatable bonds is 8. The number of pyridine rings is 1. The third kappa shape index (κ3) is 4.51. The second kappa shape index (κ2) is 10.0. The zero-order chi connectivity index (χ0) is 24.2. The van der Waals surface area contributed by atoms with Gasteiger partial charge in [0, 0.05) is 25.5 Å². The Labute approximate surface area is 201 Å². The number of likely N-dealkylation sites (N-methyl/N-ethyl adjacent to an activating group) is 1. The number of aromatic nitrogens is 1. The van der Waals surface area contributed by atoms with Gasteiger partial charge in [-0.15, -0.1) is 0 Å². The number of hydrogen-bond acceptors (Lipinski definition) is 4. The summed E-state index contributed by atoms with van der Waals surface area (Å²) in [6.07, 6.45) is 5.21. The fraction of sp³-hybridized carbons (Fsp3) is 0.276. The van der Waals surface area contributed by atoms with Crippen LogP contribution in [-0.4, -0.2) is 34.8 Å². The molecule has 0 unspecified atom stereocenters. The number of carbonyl (C=O) groups excluding carboxylic acids is 2. The number of carbonyl (C=O) groups is 2. The molecule has 2 amide bonds. The summed E-state index contributed by atoms with van der Waals surface area (Å²) >= 11 is 0. The van der Waals surface area contributed by atoms with Crippen LogP contribution in [0.3, 0.4) is 0 Å². The van der Waals surface area contributed by atoms with Crippen LogP contribution in [0, 0.1) is 13.8 Å². The molecule has 0 atom stereocenters. The zero-order valence-corrected chi connectivity index (χ0v) is 20.3. The van der Waals surface area contributed by atoms with E-state index >= 15 is 0 Å². The predicted octanol–water partition coefficient (Wildman–Crippen LogP) is 5.11. The highest BCUT2D eigenvalue weighted by Gasteiger charge is 2.42. The maximum Gasteiger partial charge on any atom is 0.282 e. The molecule has 0 radical (unpaired) electrons. The van der Waals surface area contributed by atoms with Crippen molar-refractivity contribution in [2.75, 3.05) is 18.0 Å². The van der Waals surface area contributed by atoms with Gasteiger partial charge in [0.25, 0.3) is 11.8 Å². The molecule has 2 heterocycles. The number of aryl methyl sites for hydroxylation is 3. The average Bonchev–Trinajstić information content (AvgIpc) is 3.12. The van der Waals surface area contributed by atoms with Gasteiger partial charge in [0.05, 0.1) is 11.3 Å². The SMILES string of the molecule is CCc1ccc(N2C(=O)C(c3ccc(C)c(C)c3)=C(N(CC)CCc3ccncc3)C2=O)cc1. The van der Waals surface area contributed by atoms with Crippen molar-refractivity contribution >= 4 is 23.1 Å². The van der Waals surface area contributed by atoms with Crippen LogP contribution in [-0.2, 0) is 22.4 Å². The Balaban J connectivity index is 1.77. The summed E-state index contributed by atoms with van der Waals surface area (Å²) in [5.74, 6) is -0.533. The summed E-state index contributed by atoms with van der Waals surface area (Å²) in [4.78, 5) is 35.0. The molecule has 5 heteroatoms. The molecule has 5 nitrogen and oxygen atoms in total. The number of imide groups is 1. The third-order valence-electron chi connectivity index (χ3n) is 6.58. The summed E-state index contributed by atoms with van der Waals surface area (Å²) in [6, 6.07) is 17.6. The lowest BCUT2D eigenvalue weighted by molar-refractivity contribution is -0.120. The minimum absolute atomic E-state index is 0.265. The zero-order valence-electron chi connectivity index (χ0n) is 20.3. The van der Waals surface area contributed by atoms with Crippen LogP contribution < -0.4 is 4.90 Å². The van der Waals surface area contributed by atoms with Gasteiger partial charge >= 0.3 is 0 Å². The minimum Gasteiger partial charge on any atom is -0.366 e. The van der Waals surface area contributed by atoms with E-state index in [4.69, 9.17) is 0 Å². The molecule has 174 valence electrons. The molecule has 2 aromatic carbocycles. The van der Waals surface area contributed by atoms with E-state index in [2.05, 4.69) is 11.9 Å². The fourth-order valence-electron chi connectivity index (χ4n) is 4.33. The molecule has 1 aliphatic heterocycles. The molecule has 34 heavy (non-hydrogen) atoms. The number of benzene rings is 2. The van der Waals surface area contributed by atoms with Crippen LogP contribution in [0.5, 0.6) is 0 Å². The number of amides is 2. The van der Waals surface area contributed by atoms with Gasteiger partial charge in [-0.05, 0) is 85.7 Å². The van der Waals surface area contributed by atoms with Crippen molar-refractivity contribution in [2.45, 2.75) is 40.5 Å². The largest absolute Gasteiger partial charge is 0.366 e. The summed E-state index contributed by atoms with van der Waals surface area (Å²) in [5, 5.41) is 0. The van der Waals surface area contributed by atoms with Gasteiger partial charge in [0.2, 0.25) is 0 Å². The molecule has 1 aromatic heterocycles. The highest BCUT2D eigenvalue weighted by Crippen LogP contribution is 2.35. The Morgan fingerprint density at radius 1 is 0.824 bits per heavy atom. The molecule has 0 aliphatic carbocycles. The monoisotopic (exact) mass is 453 g/mol. The Hall–Kier alpha value is -3.73. The van der Waals surface area contributed by atoms with Crippen LogP contribution in [0.1, 0.15) is 41.7 Å². The first-order valence-corrected chi connectivity index (χ1v) is 11.9. The molecular weight excluding hydrogens is 422 g/mol. The maximum atomic E-state index is 13.8. The number of anilines is 1. The van der Waals surface area contributed by atoms with Crippen molar-refractivity contribution in [3.8, 4) is 0 Å². The fourth-order valence-corrected chi connectivity index (χ4v) is 4.33. The van der Waals surface area contributed by atoms with E-state index in [1.165, 1.54) is 4.90 Å². The molecule has 4 rings (SSSR count). The molecule has 1 aliphatic rings. The second-order valence-corrected chi connectivity index (χ2v) is 8.67. The number of hydrogen-bond donors (Lipinski definition) is 0. The molecule has 0 fully saturated rings. The van der Waals surface area contributed by atoms with Crippen molar-refractivity contribution in [1.82, 2.24) is 9.88 Å². The Morgan fingerprint density at radius 3 is 2.15 bits per heavy atom. The first-order valence-electron chi connectivity index (χ1n) is 11.9. The van der Waals surface area contributed by atoms with Crippen molar-refractivity contribution in [3.05, 3.63) is 101 Å². The molecule has 0 saturated carbocycles. The topological polar surface area (TPSA) is 53.5 Å². The van der Waals surface area contributed by atoms with Crippen LogP contribution in [0.4, 0.5) is 5.69 Å². The molecule has 3 aromatic rings. The van der Waals surface area contributed by atoms with Gasteiger partial charge in [-0.3, -0.25) is 14.6 Å². The van der Waals surface area contributed by atoms with Crippen molar-refractivity contribution in [1.29, 1.82) is 0 Å². The normalized spacial score (nSPS) is 13.7. The van der Waals surface area contributed by atoms with Gasteiger partial charge in [0.15, 0.2) is 0 Å². The van der Waals surface area contributed by atoms with Crippen LogP contribution >= 0.6 is 0 Å². The molecule has 0 saturated heterocycles. The maximum absolute atomic E-state index is 13.8. The van der Waals surface area contributed by atoms with Crippen LogP contribution in [0.25, 0.3) is 5.57 Å². The van der Waals surface area contributed by atoms with Crippen molar-refractivity contribution in [3.63, 3.8) is 0 Å². The quantitative estimate of drug-likeness (QED) is 0.445. The standard InChI is InChI=1S/C29H31N3O2/c1-5-22-8-11-25(12-9-22)32-28(33)26(24-10-7-20(3)21(4)19-24)27(29(32)34)31(6-2)18-15-23-13-16-30-17-14-23/h7-14,16-17,19H,5-6,15,18H2,1-4H3. The molecule has 0 spiro atoms. The summed E-state index contributed by atoms with van der Waals surface area (Å²) in [7, 11) is 0. The van der Waals surface area contributed by atoms with Gasteiger partial charge < -0.3 is 4.90 Å². The molecular formula is C29H31N3O2. The Morgan fingerprint density at radius 2 is 1.53 bits per heavy atom. The second-order valence-electron chi connectivity index (χ2n) is 8.67. The summed E-state index contributed by atoms with van der Waals surface area (Å²) in [5.41, 5.74) is 6.90. The van der Waals surface area contributed by atoms with Gasteiger partial charge in [-0.2, -0.15) is 0 Å². The van der Waals surface area contributed by atoms with E-state index in [9.17, 15) is 9.59 Å². The van der Waals surface area contributed by atoms with E-state index < -0.39 is 0 Å². The van der Waals surface area contributed by atoms with E-state index in [0.29, 0.717) is 30.0 Å². The van der Waals surface area contributed by atoms with Crippen molar-refractivity contribution < 1.29 is 9.59 Å². The van der Waals surface area contributed by atoms with Gasteiger partial charge in [-0.25, -0.2) is 4.90 Å². The highest BCUT2D eigenvalue weighted by atomic mass is 16.2.